The Hall–Kier alpha value is -3.02. The molecule has 4 rings (SSSR count). The Kier molecular flexibility index (Phi) is 6.36. The number of thiazole rings is 2. The number of benzene rings is 2. The van der Waals surface area contributed by atoms with Crippen molar-refractivity contribution in [1.82, 2.24) is 9.97 Å². The largest absolute Gasteiger partial charge is 0.426 e. The van der Waals surface area contributed by atoms with E-state index in [9.17, 15) is 26.4 Å². The summed E-state index contributed by atoms with van der Waals surface area (Å²) in [6.07, 6.45) is -0.555. The van der Waals surface area contributed by atoms with Crippen LogP contribution in [-0.4, -0.2) is 38.7 Å². The molecule has 0 fully saturated rings. The van der Waals surface area contributed by atoms with Crippen LogP contribution in [-0.2, 0) is 29.6 Å². The van der Waals surface area contributed by atoms with E-state index in [0.29, 0.717) is 20.4 Å². The molecule has 0 unspecified atom stereocenters. The minimum Gasteiger partial charge on any atom is -0.426 e. The second-order valence-electron chi connectivity index (χ2n) is 6.76. The molecule has 0 saturated heterocycles. The first-order valence-electron chi connectivity index (χ1n) is 9.17. The van der Waals surface area contributed by atoms with Crippen LogP contribution < -0.4 is 19.8 Å². The molecule has 34 heavy (non-hydrogen) atoms. The van der Waals surface area contributed by atoms with Gasteiger partial charge in [-0.15, -0.1) is 22.7 Å². The summed E-state index contributed by atoms with van der Waals surface area (Å²) in [7, 11) is -7.90. The van der Waals surface area contributed by atoms with Gasteiger partial charge in [0.05, 0.1) is 33.3 Å². The zero-order chi connectivity index (χ0) is 24.7. The van der Waals surface area contributed by atoms with E-state index in [-0.39, 0.29) is 33.0 Å². The lowest BCUT2D eigenvalue weighted by Crippen LogP contribution is -2.14. The Bertz CT molecular complexity index is 1530. The molecular formula is C18H14N4O8S4. The van der Waals surface area contributed by atoms with Crippen molar-refractivity contribution in [3.63, 3.8) is 0 Å². The lowest BCUT2D eigenvalue weighted by molar-refractivity contribution is -0.140. The number of rotatable bonds is 7. The molecule has 2 aromatic carbocycles. The number of nitrogens with zero attached hydrogens (tertiary/aromatic N) is 2. The number of aromatic nitrogens is 2. The van der Waals surface area contributed by atoms with E-state index in [1.54, 1.807) is 0 Å². The lowest BCUT2D eigenvalue weighted by atomic mass is 10.3. The highest BCUT2D eigenvalue weighted by molar-refractivity contribution is 7.91. The molecule has 0 spiro atoms. The van der Waals surface area contributed by atoms with Crippen LogP contribution in [0.2, 0.25) is 0 Å². The first-order chi connectivity index (χ1) is 15.9. The third-order valence-electron chi connectivity index (χ3n) is 4.16. The number of sulfonamides is 2. The highest BCUT2D eigenvalue weighted by Gasteiger charge is 2.17. The molecule has 178 valence electrons. The molecule has 4 N–H and O–H groups in total. The van der Waals surface area contributed by atoms with E-state index in [4.69, 9.17) is 19.8 Å². The van der Waals surface area contributed by atoms with E-state index in [2.05, 4.69) is 9.97 Å². The summed E-state index contributed by atoms with van der Waals surface area (Å²) in [6, 6.07) is 8.72. The number of carbonyl (C=O) groups is 2. The number of ether oxygens (including phenoxy) is 2. The van der Waals surface area contributed by atoms with E-state index in [0.717, 1.165) is 22.7 Å². The van der Waals surface area contributed by atoms with Crippen molar-refractivity contribution >= 4 is 75.1 Å². The SMILES string of the molecule is NS(=O)(=O)c1nc2ccc(OC(=O)CCC(=O)Oc3ccc4nc(S(N)(=O)=O)sc4c3)cc2s1. The van der Waals surface area contributed by atoms with Gasteiger partial charge in [0.15, 0.2) is 0 Å². The van der Waals surface area contributed by atoms with Crippen LogP contribution in [0.25, 0.3) is 20.4 Å². The number of esters is 2. The second kappa shape index (κ2) is 8.97. The maximum absolute atomic E-state index is 12.1. The maximum atomic E-state index is 12.1. The molecule has 0 aliphatic heterocycles. The van der Waals surface area contributed by atoms with Gasteiger partial charge in [-0.2, -0.15) is 0 Å². The van der Waals surface area contributed by atoms with Gasteiger partial charge in [-0.1, -0.05) is 0 Å². The van der Waals surface area contributed by atoms with Gasteiger partial charge >= 0.3 is 11.9 Å². The molecule has 0 atom stereocenters. The number of primary sulfonamides is 2. The summed E-state index contributed by atoms with van der Waals surface area (Å²) < 4.78 is 56.4. The number of hydrogen-bond donors (Lipinski definition) is 2. The second-order valence-corrected chi connectivity index (χ2v) is 12.3. The Morgan fingerprint density at radius 1 is 0.735 bits per heavy atom. The number of hydrogen-bond acceptors (Lipinski definition) is 12. The summed E-state index contributed by atoms with van der Waals surface area (Å²) >= 11 is 1.67. The Balaban J connectivity index is 1.35. The molecule has 16 heteroatoms. The molecule has 0 saturated carbocycles. The van der Waals surface area contributed by atoms with Gasteiger partial charge in [0.25, 0.3) is 20.0 Å². The van der Waals surface area contributed by atoms with Gasteiger partial charge in [-0.25, -0.2) is 37.1 Å². The molecule has 12 nitrogen and oxygen atoms in total. The Morgan fingerprint density at radius 2 is 1.12 bits per heavy atom. The first-order valence-corrected chi connectivity index (χ1v) is 13.9. The van der Waals surface area contributed by atoms with E-state index in [1.807, 2.05) is 0 Å². The van der Waals surface area contributed by atoms with Gasteiger partial charge < -0.3 is 9.47 Å². The van der Waals surface area contributed by atoms with Crippen molar-refractivity contribution in [2.45, 2.75) is 21.5 Å². The summed E-state index contributed by atoms with van der Waals surface area (Å²) in [5.41, 5.74) is 0.762. The topological polar surface area (TPSA) is 199 Å². The van der Waals surface area contributed by atoms with Crippen LogP contribution in [0.15, 0.2) is 45.1 Å². The standard InChI is InChI=1S/C18H14N4O8S4/c19-33(25,26)17-21-11-3-1-9(7-13(11)31-17)29-15(23)5-6-16(24)30-10-2-4-12-14(8-10)32-18(22-12)34(20,27)28/h1-4,7-8H,5-6H2,(H2,19,25,26)(H2,20,27,28). The zero-order valence-corrected chi connectivity index (χ0v) is 20.1. The highest BCUT2D eigenvalue weighted by Crippen LogP contribution is 2.29. The molecule has 0 radical (unpaired) electrons. The molecular weight excluding hydrogens is 528 g/mol. The third kappa shape index (κ3) is 5.54. The van der Waals surface area contributed by atoms with Gasteiger partial charge in [-0.05, 0) is 24.3 Å². The smallest absolute Gasteiger partial charge is 0.311 e. The zero-order valence-electron chi connectivity index (χ0n) is 16.8. The average Bonchev–Trinajstić information content (AvgIpc) is 3.35. The summed E-state index contributed by atoms with van der Waals surface area (Å²) in [4.78, 5) is 32.0. The van der Waals surface area contributed by atoms with Crippen LogP contribution in [0.1, 0.15) is 12.8 Å². The van der Waals surface area contributed by atoms with Gasteiger partial charge in [0.1, 0.15) is 11.5 Å². The fraction of sp³-hybridized carbons (Fsp3) is 0.111. The minimum absolute atomic E-state index is 0.150. The van der Waals surface area contributed by atoms with Crippen LogP contribution in [0.5, 0.6) is 11.5 Å². The molecule has 0 aliphatic carbocycles. The van der Waals surface area contributed by atoms with Crippen molar-refractivity contribution in [3.05, 3.63) is 36.4 Å². The maximum Gasteiger partial charge on any atom is 0.311 e. The van der Waals surface area contributed by atoms with Gasteiger partial charge in [0.2, 0.25) is 8.68 Å². The fourth-order valence-electron chi connectivity index (χ4n) is 2.71. The molecule has 2 aromatic heterocycles. The summed E-state index contributed by atoms with van der Waals surface area (Å²) in [6.45, 7) is 0. The van der Waals surface area contributed by atoms with Gasteiger partial charge in [-0.3, -0.25) is 9.59 Å². The lowest BCUT2D eigenvalue weighted by Gasteiger charge is -2.05. The average molecular weight is 543 g/mol. The fourth-order valence-corrected chi connectivity index (χ4v) is 6.08. The minimum atomic E-state index is -3.95. The van der Waals surface area contributed by atoms with Crippen LogP contribution in [0.3, 0.4) is 0 Å². The monoisotopic (exact) mass is 542 g/mol. The summed E-state index contributed by atoms with van der Waals surface area (Å²) in [5, 5.41) is 10.1. The normalized spacial score (nSPS) is 12.2. The number of fused-ring (bicyclic) bond motifs is 2. The van der Waals surface area contributed by atoms with Crippen molar-refractivity contribution in [2.24, 2.45) is 10.3 Å². The first kappa shape index (κ1) is 24.1. The molecule has 0 bridgehead atoms. The van der Waals surface area contributed by atoms with Crippen molar-refractivity contribution < 1.29 is 35.9 Å². The number of nitrogens with two attached hydrogens (primary N) is 2. The van der Waals surface area contributed by atoms with E-state index in [1.165, 1.54) is 36.4 Å². The predicted octanol–water partition coefficient (Wildman–Crippen LogP) is 1.49. The molecule has 0 amide bonds. The molecule has 2 heterocycles. The van der Waals surface area contributed by atoms with Crippen LogP contribution in [0.4, 0.5) is 0 Å². The Labute approximate surface area is 200 Å². The van der Waals surface area contributed by atoms with Crippen molar-refractivity contribution in [1.29, 1.82) is 0 Å². The Morgan fingerprint density at radius 3 is 1.47 bits per heavy atom. The summed E-state index contributed by atoms with van der Waals surface area (Å²) in [5.74, 6) is -1.11. The van der Waals surface area contributed by atoms with Crippen molar-refractivity contribution in [3.8, 4) is 11.5 Å². The van der Waals surface area contributed by atoms with E-state index >= 15 is 0 Å². The highest BCUT2D eigenvalue weighted by atomic mass is 32.3. The quantitative estimate of drug-likeness (QED) is 0.255. The van der Waals surface area contributed by atoms with Crippen LogP contribution >= 0.6 is 22.7 Å². The third-order valence-corrected chi connectivity index (χ3v) is 8.84. The van der Waals surface area contributed by atoms with E-state index < -0.39 is 32.0 Å². The predicted molar refractivity (Wildman–Crippen MR) is 122 cm³/mol. The van der Waals surface area contributed by atoms with Crippen molar-refractivity contribution in [2.75, 3.05) is 0 Å². The van der Waals surface area contributed by atoms with Crippen LogP contribution in [0, 0.1) is 0 Å². The molecule has 0 aliphatic rings. The number of carbonyl (C=O) groups excluding carboxylic acids is 2. The molecule has 4 aromatic rings. The van der Waals surface area contributed by atoms with Gasteiger partial charge in [0, 0.05) is 12.1 Å².